The SMILES string of the molecule is C=CCSc1nnc(NC(=O)C(C)N(c2cc(Cl)ccc2C)S(C)(=O)=O)s1. The topological polar surface area (TPSA) is 92.3 Å². The Labute approximate surface area is 171 Å². The largest absolute Gasteiger partial charge is 0.299 e. The summed E-state index contributed by atoms with van der Waals surface area (Å²) in [6.45, 7) is 6.89. The summed E-state index contributed by atoms with van der Waals surface area (Å²) in [5.41, 5.74) is 1.04. The van der Waals surface area contributed by atoms with Crippen LogP contribution in [0, 0.1) is 6.92 Å². The van der Waals surface area contributed by atoms with Crippen LogP contribution in [0.1, 0.15) is 12.5 Å². The van der Waals surface area contributed by atoms with Crippen molar-refractivity contribution in [2.75, 3.05) is 21.6 Å². The molecule has 0 fully saturated rings. The molecular formula is C16H19ClN4O3S3. The van der Waals surface area contributed by atoms with Crippen molar-refractivity contribution in [2.45, 2.75) is 24.2 Å². The second kappa shape index (κ2) is 9.05. The van der Waals surface area contributed by atoms with E-state index in [1.54, 1.807) is 25.1 Å². The summed E-state index contributed by atoms with van der Waals surface area (Å²) in [4.78, 5) is 12.7. The van der Waals surface area contributed by atoms with Gasteiger partial charge in [0.25, 0.3) is 0 Å². The zero-order valence-corrected chi connectivity index (χ0v) is 18.2. The number of nitrogens with zero attached hydrogens (tertiary/aromatic N) is 3. The highest BCUT2D eigenvalue weighted by atomic mass is 35.5. The Morgan fingerprint density at radius 1 is 1.48 bits per heavy atom. The van der Waals surface area contributed by atoms with E-state index in [9.17, 15) is 13.2 Å². The molecule has 0 aliphatic carbocycles. The number of hydrogen-bond donors (Lipinski definition) is 1. The first kappa shape index (κ1) is 21.7. The van der Waals surface area contributed by atoms with Gasteiger partial charge in [-0.2, -0.15) is 0 Å². The van der Waals surface area contributed by atoms with E-state index in [1.807, 2.05) is 0 Å². The van der Waals surface area contributed by atoms with Gasteiger partial charge in [0.15, 0.2) is 4.34 Å². The summed E-state index contributed by atoms with van der Waals surface area (Å²) in [5, 5.41) is 11.2. The van der Waals surface area contributed by atoms with E-state index in [1.165, 1.54) is 36.1 Å². The molecule has 1 atom stereocenters. The molecule has 1 aromatic carbocycles. The first-order valence-corrected chi connectivity index (χ1v) is 11.8. The number of hydrogen-bond acceptors (Lipinski definition) is 7. The molecule has 27 heavy (non-hydrogen) atoms. The van der Waals surface area contributed by atoms with Gasteiger partial charge in [0.1, 0.15) is 6.04 Å². The van der Waals surface area contributed by atoms with Gasteiger partial charge < -0.3 is 0 Å². The number of aryl methyl sites for hydroxylation is 1. The minimum atomic E-state index is -3.73. The molecule has 1 amide bonds. The van der Waals surface area contributed by atoms with Gasteiger partial charge in [-0.05, 0) is 31.5 Å². The molecule has 1 unspecified atom stereocenters. The van der Waals surface area contributed by atoms with Crippen molar-refractivity contribution in [3.8, 4) is 0 Å². The highest BCUT2D eigenvalue weighted by molar-refractivity contribution is 8.01. The summed E-state index contributed by atoms with van der Waals surface area (Å²) in [6.07, 6.45) is 2.79. The molecule has 7 nitrogen and oxygen atoms in total. The smallest absolute Gasteiger partial charge is 0.249 e. The third-order valence-electron chi connectivity index (χ3n) is 3.46. The standard InChI is InChI=1S/C16H19ClN4O3S3/c1-5-8-25-16-20-19-15(26-16)18-14(22)11(3)21(27(4,23)24)13-9-12(17)7-6-10(13)2/h5-7,9,11H,1,8H2,2-4H3,(H,18,19,22). The third kappa shape index (κ3) is 5.68. The molecule has 1 aromatic heterocycles. The van der Waals surface area contributed by atoms with Crippen molar-refractivity contribution in [3.63, 3.8) is 0 Å². The van der Waals surface area contributed by atoms with Crippen LogP contribution in [0.15, 0.2) is 35.2 Å². The van der Waals surface area contributed by atoms with E-state index >= 15 is 0 Å². The first-order valence-electron chi connectivity index (χ1n) is 7.77. The van der Waals surface area contributed by atoms with Crippen molar-refractivity contribution in [3.05, 3.63) is 41.4 Å². The van der Waals surface area contributed by atoms with Crippen LogP contribution < -0.4 is 9.62 Å². The van der Waals surface area contributed by atoms with Gasteiger partial charge in [0.05, 0.1) is 11.9 Å². The summed E-state index contributed by atoms with van der Waals surface area (Å²) < 4.78 is 26.5. The van der Waals surface area contributed by atoms with Crippen molar-refractivity contribution in [1.82, 2.24) is 10.2 Å². The average Bonchev–Trinajstić information content (AvgIpc) is 3.02. The Hall–Kier alpha value is -1.62. The summed E-state index contributed by atoms with van der Waals surface area (Å²) in [6, 6.07) is 3.88. The molecule has 0 spiro atoms. The predicted molar refractivity (Wildman–Crippen MR) is 112 cm³/mol. The van der Waals surface area contributed by atoms with Crippen LogP contribution in [-0.2, 0) is 14.8 Å². The van der Waals surface area contributed by atoms with Crippen LogP contribution in [-0.4, -0.2) is 42.6 Å². The number of amides is 1. The number of carbonyl (C=O) groups excluding carboxylic acids is 1. The molecule has 1 N–H and O–H groups in total. The number of rotatable bonds is 8. The summed E-state index contributed by atoms with van der Waals surface area (Å²) in [5.74, 6) is 0.158. The fourth-order valence-electron chi connectivity index (χ4n) is 2.26. The molecule has 1 heterocycles. The van der Waals surface area contributed by atoms with E-state index in [2.05, 4.69) is 22.1 Å². The maximum absolute atomic E-state index is 12.7. The first-order chi connectivity index (χ1) is 12.6. The highest BCUT2D eigenvalue weighted by Crippen LogP contribution is 2.29. The quantitative estimate of drug-likeness (QED) is 0.378. The molecule has 0 saturated heterocycles. The molecule has 0 saturated carbocycles. The molecule has 2 aromatic rings. The van der Waals surface area contributed by atoms with Gasteiger partial charge in [0.2, 0.25) is 21.1 Å². The van der Waals surface area contributed by atoms with Gasteiger partial charge in [0, 0.05) is 10.8 Å². The maximum atomic E-state index is 12.7. The van der Waals surface area contributed by atoms with Crippen LogP contribution in [0.4, 0.5) is 10.8 Å². The Morgan fingerprint density at radius 3 is 2.81 bits per heavy atom. The van der Waals surface area contributed by atoms with E-state index < -0.39 is 22.0 Å². The minimum absolute atomic E-state index is 0.301. The lowest BCUT2D eigenvalue weighted by Gasteiger charge is -2.29. The summed E-state index contributed by atoms with van der Waals surface area (Å²) in [7, 11) is -3.73. The molecular weight excluding hydrogens is 428 g/mol. The molecule has 146 valence electrons. The van der Waals surface area contributed by atoms with Gasteiger partial charge in [-0.25, -0.2) is 8.42 Å². The lowest BCUT2D eigenvalue weighted by molar-refractivity contribution is -0.116. The van der Waals surface area contributed by atoms with Gasteiger partial charge in [-0.1, -0.05) is 46.8 Å². The Bertz CT molecular complexity index is 946. The van der Waals surface area contributed by atoms with Gasteiger partial charge >= 0.3 is 0 Å². The maximum Gasteiger partial charge on any atom is 0.249 e. The second-order valence-corrected chi connectivity index (χ2v) is 10.2. The number of thioether (sulfide) groups is 1. The van der Waals surface area contributed by atoms with Crippen LogP contribution in [0.2, 0.25) is 5.02 Å². The Morgan fingerprint density at radius 2 is 2.19 bits per heavy atom. The number of benzene rings is 1. The Balaban J connectivity index is 2.26. The highest BCUT2D eigenvalue weighted by Gasteiger charge is 2.30. The predicted octanol–water partition coefficient (Wildman–Crippen LogP) is 3.57. The lowest BCUT2D eigenvalue weighted by Crippen LogP contribution is -2.45. The number of carbonyl (C=O) groups is 1. The number of sulfonamides is 1. The number of halogens is 1. The number of nitrogens with one attached hydrogen (secondary N) is 1. The van der Waals surface area contributed by atoms with Gasteiger partial charge in [-0.15, -0.1) is 16.8 Å². The van der Waals surface area contributed by atoms with Crippen molar-refractivity contribution in [1.29, 1.82) is 0 Å². The molecule has 0 aliphatic rings. The van der Waals surface area contributed by atoms with Crippen molar-refractivity contribution < 1.29 is 13.2 Å². The van der Waals surface area contributed by atoms with Crippen molar-refractivity contribution in [2.24, 2.45) is 0 Å². The van der Waals surface area contributed by atoms with E-state index in [0.717, 1.165) is 10.6 Å². The summed E-state index contributed by atoms with van der Waals surface area (Å²) >= 11 is 8.67. The average molecular weight is 447 g/mol. The van der Waals surface area contributed by atoms with E-state index in [0.29, 0.717) is 31.5 Å². The molecule has 11 heteroatoms. The van der Waals surface area contributed by atoms with Crippen LogP contribution in [0.25, 0.3) is 0 Å². The fraction of sp³-hybridized carbons (Fsp3) is 0.312. The van der Waals surface area contributed by atoms with E-state index in [4.69, 9.17) is 11.6 Å². The zero-order valence-electron chi connectivity index (χ0n) is 15.0. The fourth-order valence-corrected chi connectivity index (χ4v) is 5.17. The van der Waals surface area contributed by atoms with Crippen LogP contribution >= 0.6 is 34.7 Å². The van der Waals surface area contributed by atoms with Gasteiger partial charge in [-0.3, -0.25) is 14.4 Å². The molecule has 0 aliphatic heterocycles. The lowest BCUT2D eigenvalue weighted by atomic mass is 10.2. The van der Waals surface area contributed by atoms with Crippen molar-refractivity contribution >= 4 is 61.4 Å². The van der Waals surface area contributed by atoms with Crippen LogP contribution in [0.5, 0.6) is 0 Å². The monoisotopic (exact) mass is 446 g/mol. The van der Waals surface area contributed by atoms with E-state index in [-0.39, 0.29) is 0 Å². The molecule has 2 rings (SSSR count). The number of anilines is 2. The molecule has 0 radical (unpaired) electrons. The minimum Gasteiger partial charge on any atom is -0.299 e. The normalized spacial score (nSPS) is 12.4. The van der Waals surface area contributed by atoms with Crippen LogP contribution in [0.3, 0.4) is 0 Å². The second-order valence-electron chi connectivity index (χ2n) is 5.63. The number of aromatic nitrogens is 2. The molecule has 0 bridgehead atoms. The third-order valence-corrected chi connectivity index (χ3v) is 6.89. The Kier molecular flexibility index (Phi) is 7.26. The zero-order chi connectivity index (χ0) is 20.2.